The monoisotopic (exact) mass is 348 g/mol. The van der Waals surface area contributed by atoms with Crippen molar-refractivity contribution in [1.29, 1.82) is 0 Å². The minimum absolute atomic E-state index is 0.0368. The summed E-state index contributed by atoms with van der Waals surface area (Å²) in [6.07, 6.45) is 1.73. The van der Waals surface area contributed by atoms with Crippen LogP contribution in [0.5, 0.6) is 5.75 Å². The number of hydrogen-bond acceptors (Lipinski definition) is 5. The molecule has 26 heavy (non-hydrogen) atoms. The zero-order chi connectivity index (χ0) is 18.6. The normalized spacial score (nSPS) is 11.1. The Balaban J connectivity index is 1.85. The second-order valence-corrected chi connectivity index (χ2v) is 7.01. The number of methoxy groups -OCH3 is 1. The van der Waals surface area contributed by atoms with Crippen LogP contribution < -0.4 is 15.4 Å². The molecule has 5 heteroatoms. The van der Waals surface area contributed by atoms with Gasteiger partial charge in [0.15, 0.2) is 0 Å². The maximum atomic E-state index is 5.36. The van der Waals surface area contributed by atoms with E-state index in [2.05, 4.69) is 59.6 Å². The number of aromatic nitrogens is 2. The first-order valence-corrected chi connectivity index (χ1v) is 8.57. The van der Waals surface area contributed by atoms with Gasteiger partial charge in [-0.25, -0.2) is 4.98 Å². The number of para-hydroxylation sites is 3. The molecule has 0 radical (unpaired) electrons. The van der Waals surface area contributed by atoms with E-state index in [0.717, 1.165) is 22.9 Å². The molecule has 0 saturated carbocycles. The van der Waals surface area contributed by atoms with Crippen molar-refractivity contribution in [2.75, 3.05) is 17.7 Å². The van der Waals surface area contributed by atoms with E-state index in [1.54, 1.807) is 13.3 Å². The van der Waals surface area contributed by atoms with E-state index in [9.17, 15) is 0 Å². The summed E-state index contributed by atoms with van der Waals surface area (Å²) in [7, 11) is 1.64. The average Bonchev–Trinajstić information content (AvgIpc) is 2.62. The Bertz CT molecular complexity index is 887. The van der Waals surface area contributed by atoms with Gasteiger partial charge in [-0.05, 0) is 35.2 Å². The Hall–Kier alpha value is -3.08. The quantitative estimate of drug-likeness (QED) is 0.658. The summed E-state index contributed by atoms with van der Waals surface area (Å²) < 4.78 is 5.36. The van der Waals surface area contributed by atoms with Crippen molar-refractivity contribution in [2.45, 2.75) is 26.2 Å². The van der Waals surface area contributed by atoms with Crippen molar-refractivity contribution in [3.63, 3.8) is 0 Å². The molecule has 0 saturated heterocycles. The first kappa shape index (κ1) is 17.7. The molecule has 0 spiro atoms. The van der Waals surface area contributed by atoms with E-state index in [1.807, 2.05) is 36.4 Å². The van der Waals surface area contributed by atoms with Crippen LogP contribution in [-0.4, -0.2) is 17.1 Å². The molecule has 0 aliphatic heterocycles. The minimum Gasteiger partial charge on any atom is -0.495 e. The summed E-state index contributed by atoms with van der Waals surface area (Å²) in [5.74, 6) is 1.98. The lowest BCUT2D eigenvalue weighted by Gasteiger charge is -2.23. The fraction of sp³-hybridized carbons (Fsp3) is 0.238. The second-order valence-electron chi connectivity index (χ2n) is 7.01. The standard InChI is InChI=1S/C21H24N4O/c1-21(2,3)15-9-5-6-10-16(15)23-19-13-14-22-20(25-19)24-17-11-7-8-12-18(17)26-4/h5-14H,1-4H3,(H2,22,23,24,25). The summed E-state index contributed by atoms with van der Waals surface area (Å²) >= 11 is 0. The highest BCUT2D eigenvalue weighted by atomic mass is 16.5. The van der Waals surface area contributed by atoms with Crippen molar-refractivity contribution in [1.82, 2.24) is 9.97 Å². The Morgan fingerprint density at radius 3 is 2.27 bits per heavy atom. The van der Waals surface area contributed by atoms with E-state index in [1.165, 1.54) is 5.56 Å². The molecule has 0 aliphatic rings. The summed E-state index contributed by atoms with van der Waals surface area (Å²) in [5.41, 5.74) is 3.14. The SMILES string of the molecule is COc1ccccc1Nc1nccc(Nc2ccccc2C(C)(C)C)n1. The van der Waals surface area contributed by atoms with Gasteiger partial charge in [-0.3, -0.25) is 0 Å². The molecule has 1 heterocycles. The summed E-state index contributed by atoms with van der Waals surface area (Å²) in [5, 5.41) is 6.62. The van der Waals surface area contributed by atoms with Crippen molar-refractivity contribution >= 4 is 23.1 Å². The molecule has 134 valence electrons. The molecule has 5 nitrogen and oxygen atoms in total. The third-order valence-electron chi connectivity index (χ3n) is 4.01. The molecular formula is C21H24N4O. The predicted molar refractivity (Wildman–Crippen MR) is 107 cm³/mol. The Labute approximate surface area is 154 Å². The fourth-order valence-electron chi connectivity index (χ4n) is 2.74. The number of anilines is 4. The Morgan fingerprint density at radius 2 is 1.54 bits per heavy atom. The zero-order valence-corrected chi connectivity index (χ0v) is 15.6. The number of nitrogens with zero attached hydrogens (tertiary/aromatic N) is 2. The van der Waals surface area contributed by atoms with Crippen LogP contribution in [-0.2, 0) is 5.41 Å². The molecule has 0 amide bonds. The molecule has 2 N–H and O–H groups in total. The van der Waals surface area contributed by atoms with E-state index in [-0.39, 0.29) is 5.41 Å². The minimum atomic E-state index is 0.0368. The van der Waals surface area contributed by atoms with Crippen LogP contribution in [0, 0.1) is 0 Å². The van der Waals surface area contributed by atoms with E-state index in [0.29, 0.717) is 5.95 Å². The van der Waals surface area contributed by atoms with E-state index < -0.39 is 0 Å². The second kappa shape index (κ2) is 7.44. The van der Waals surface area contributed by atoms with E-state index in [4.69, 9.17) is 4.74 Å². The van der Waals surface area contributed by atoms with Crippen LogP contribution in [0.1, 0.15) is 26.3 Å². The highest BCUT2D eigenvalue weighted by molar-refractivity contribution is 5.65. The molecule has 0 bridgehead atoms. The van der Waals surface area contributed by atoms with Gasteiger partial charge in [-0.15, -0.1) is 0 Å². The van der Waals surface area contributed by atoms with Gasteiger partial charge < -0.3 is 15.4 Å². The molecule has 0 atom stereocenters. The van der Waals surface area contributed by atoms with Gasteiger partial charge in [0.1, 0.15) is 11.6 Å². The van der Waals surface area contributed by atoms with E-state index >= 15 is 0 Å². The largest absolute Gasteiger partial charge is 0.495 e. The van der Waals surface area contributed by atoms with Crippen molar-refractivity contribution in [3.05, 3.63) is 66.4 Å². The molecular weight excluding hydrogens is 324 g/mol. The number of rotatable bonds is 5. The smallest absolute Gasteiger partial charge is 0.229 e. The third-order valence-corrected chi connectivity index (χ3v) is 4.01. The number of nitrogens with one attached hydrogen (secondary N) is 2. The van der Waals surface area contributed by atoms with Gasteiger partial charge in [0.25, 0.3) is 0 Å². The molecule has 1 aromatic heterocycles. The molecule has 3 rings (SSSR count). The number of ether oxygens (including phenoxy) is 1. The maximum absolute atomic E-state index is 5.36. The van der Waals surface area contributed by atoms with Gasteiger partial charge in [-0.2, -0.15) is 4.98 Å². The van der Waals surface area contributed by atoms with Gasteiger partial charge in [0, 0.05) is 11.9 Å². The Morgan fingerprint density at radius 1 is 0.846 bits per heavy atom. The molecule has 2 aromatic carbocycles. The first-order valence-electron chi connectivity index (χ1n) is 8.57. The van der Waals surface area contributed by atoms with Crippen LogP contribution in [0.2, 0.25) is 0 Å². The average molecular weight is 348 g/mol. The molecule has 0 unspecified atom stereocenters. The maximum Gasteiger partial charge on any atom is 0.229 e. The summed E-state index contributed by atoms with van der Waals surface area (Å²) in [6.45, 7) is 6.59. The predicted octanol–water partition coefficient (Wildman–Crippen LogP) is 5.27. The van der Waals surface area contributed by atoms with Crippen LogP contribution in [0.3, 0.4) is 0 Å². The lowest BCUT2D eigenvalue weighted by atomic mass is 9.86. The number of hydrogen-bond donors (Lipinski definition) is 2. The highest BCUT2D eigenvalue weighted by Gasteiger charge is 2.17. The molecule has 3 aromatic rings. The van der Waals surface area contributed by atoms with Crippen molar-refractivity contribution in [2.24, 2.45) is 0 Å². The lowest BCUT2D eigenvalue weighted by molar-refractivity contribution is 0.417. The van der Waals surface area contributed by atoms with Crippen LogP contribution in [0.4, 0.5) is 23.1 Å². The topological polar surface area (TPSA) is 59.1 Å². The first-order chi connectivity index (χ1) is 12.5. The van der Waals surface area contributed by atoms with Crippen LogP contribution >= 0.6 is 0 Å². The summed E-state index contributed by atoms with van der Waals surface area (Å²) in [6, 6.07) is 17.8. The molecule has 0 aliphatic carbocycles. The van der Waals surface area contributed by atoms with Crippen LogP contribution in [0.15, 0.2) is 60.8 Å². The highest BCUT2D eigenvalue weighted by Crippen LogP contribution is 2.31. The van der Waals surface area contributed by atoms with Gasteiger partial charge in [-0.1, -0.05) is 51.1 Å². The van der Waals surface area contributed by atoms with Gasteiger partial charge in [0.2, 0.25) is 5.95 Å². The number of benzene rings is 2. The summed E-state index contributed by atoms with van der Waals surface area (Å²) in [4.78, 5) is 8.88. The Kier molecular flexibility index (Phi) is 5.07. The molecule has 0 fully saturated rings. The lowest BCUT2D eigenvalue weighted by Crippen LogP contribution is -2.13. The fourth-order valence-corrected chi connectivity index (χ4v) is 2.74. The van der Waals surface area contributed by atoms with Crippen molar-refractivity contribution in [3.8, 4) is 5.75 Å². The van der Waals surface area contributed by atoms with Gasteiger partial charge >= 0.3 is 0 Å². The third kappa shape index (κ3) is 4.11. The van der Waals surface area contributed by atoms with Crippen molar-refractivity contribution < 1.29 is 4.74 Å². The van der Waals surface area contributed by atoms with Crippen LogP contribution in [0.25, 0.3) is 0 Å². The van der Waals surface area contributed by atoms with Gasteiger partial charge in [0.05, 0.1) is 12.8 Å². The zero-order valence-electron chi connectivity index (χ0n) is 15.6.